The van der Waals surface area contributed by atoms with Crippen LogP contribution >= 0.6 is 0 Å². The topological polar surface area (TPSA) is 57.0 Å². The predicted molar refractivity (Wildman–Crippen MR) is 77.6 cm³/mol. The lowest BCUT2D eigenvalue weighted by Crippen LogP contribution is -2.27. The van der Waals surface area contributed by atoms with Crippen molar-refractivity contribution in [2.24, 2.45) is 0 Å². The zero-order valence-electron chi connectivity index (χ0n) is 11.7. The lowest BCUT2D eigenvalue weighted by molar-refractivity contribution is 0.0992. The van der Waals surface area contributed by atoms with Gasteiger partial charge in [-0.15, -0.1) is 0 Å². The molecule has 100 valence electrons. The van der Waals surface area contributed by atoms with Crippen molar-refractivity contribution in [1.29, 1.82) is 5.26 Å². The minimum atomic E-state index is -0.157. The number of nitrogens with zero attached hydrogens (tertiary/aromatic N) is 3. The van der Waals surface area contributed by atoms with Gasteiger partial charge in [0.1, 0.15) is 11.8 Å². The molecule has 1 aromatic heterocycles. The summed E-state index contributed by atoms with van der Waals surface area (Å²) in [5.74, 6) is -0.157. The van der Waals surface area contributed by atoms with Crippen LogP contribution in [-0.4, -0.2) is 17.9 Å². The first-order valence-corrected chi connectivity index (χ1v) is 6.24. The van der Waals surface area contributed by atoms with Crippen molar-refractivity contribution in [3.05, 3.63) is 58.9 Å². The molecule has 0 unspecified atom stereocenters. The fourth-order valence-electron chi connectivity index (χ4n) is 2.11. The second-order valence-corrected chi connectivity index (χ2v) is 4.70. The highest BCUT2D eigenvalue weighted by atomic mass is 16.2. The van der Waals surface area contributed by atoms with E-state index in [0.29, 0.717) is 5.56 Å². The second-order valence-electron chi connectivity index (χ2n) is 4.70. The molecule has 4 nitrogen and oxygen atoms in total. The zero-order valence-corrected chi connectivity index (χ0v) is 11.7. The molecule has 2 rings (SSSR count). The van der Waals surface area contributed by atoms with Gasteiger partial charge in [-0.3, -0.25) is 4.79 Å². The summed E-state index contributed by atoms with van der Waals surface area (Å²) >= 11 is 0. The molecule has 4 heteroatoms. The molecule has 0 radical (unpaired) electrons. The number of rotatable bonds is 2. The van der Waals surface area contributed by atoms with E-state index in [0.717, 1.165) is 16.8 Å². The summed E-state index contributed by atoms with van der Waals surface area (Å²) < 4.78 is 0. The summed E-state index contributed by atoms with van der Waals surface area (Å²) in [5, 5.41) is 8.84. The number of nitriles is 1. The fraction of sp³-hybridized carbons (Fsp3) is 0.188. The van der Waals surface area contributed by atoms with Crippen molar-refractivity contribution in [2.45, 2.75) is 13.8 Å². The third-order valence-corrected chi connectivity index (χ3v) is 3.14. The van der Waals surface area contributed by atoms with Crippen molar-refractivity contribution in [3.63, 3.8) is 0 Å². The van der Waals surface area contributed by atoms with E-state index >= 15 is 0 Å². The van der Waals surface area contributed by atoms with E-state index < -0.39 is 0 Å². The number of benzene rings is 1. The van der Waals surface area contributed by atoms with Gasteiger partial charge < -0.3 is 4.90 Å². The van der Waals surface area contributed by atoms with E-state index in [2.05, 4.69) is 4.98 Å². The molecular weight excluding hydrogens is 250 g/mol. The highest BCUT2D eigenvalue weighted by molar-refractivity contribution is 6.06. The van der Waals surface area contributed by atoms with Crippen molar-refractivity contribution in [1.82, 2.24) is 4.98 Å². The Bertz CT molecular complexity index is 701. The Morgan fingerprint density at radius 3 is 2.65 bits per heavy atom. The molecule has 0 fully saturated rings. The summed E-state index contributed by atoms with van der Waals surface area (Å²) in [6.07, 6.45) is 1.47. The number of aryl methyl sites for hydroxylation is 2. The molecule has 0 aliphatic carbocycles. The van der Waals surface area contributed by atoms with Crippen molar-refractivity contribution >= 4 is 11.6 Å². The molecular formula is C16H15N3O. The maximum absolute atomic E-state index is 12.4. The molecule has 20 heavy (non-hydrogen) atoms. The molecule has 0 aliphatic heterocycles. The van der Waals surface area contributed by atoms with Gasteiger partial charge in [-0.2, -0.15) is 5.26 Å². The van der Waals surface area contributed by atoms with Gasteiger partial charge in [0.15, 0.2) is 0 Å². The van der Waals surface area contributed by atoms with Crippen LogP contribution in [0, 0.1) is 25.2 Å². The molecule has 0 aliphatic rings. The highest BCUT2D eigenvalue weighted by Gasteiger charge is 2.15. The van der Waals surface area contributed by atoms with Gasteiger partial charge in [0.2, 0.25) is 0 Å². The average molecular weight is 265 g/mol. The number of carbonyl (C=O) groups is 1. The Kier molecular flexibility index (Phi) is 3.81. The molecule has 0 saturated carbocycles. The Morgan fingerprint density at radius 2 is 2.00 bits per heavy atom. The number of amides is 1. The maximum atomic E-state index is 12.4. The van der Waals surface area contributed by atoms with E-state index in [1.165, 1.54) is 12.3 Å². The van der Waals surface area contributed by atoms with Crippen LogP contribution in [0.4, 0.5) is 5.69 Å². The van der Waals surface area contributed by atoms with Crippen molar-refractivity contribution in [3.8, 4) is 6.07 Å². The van der Waals surface area contributed by atoms with Crippen LogP contribution in [0.5, 0.6) is 0 Å². The van der Waals surface area contributed by atoms with Crippen molar-refractivity contribution < 1.29 is 4.79 Å². The first-order chi connectivity index (χ1) is 9.52. The number of pyridine rings is 1. The van der Waals surface area contributed by atoms with Gasteiger partial charge in [0.25, 0.3) is 5.91 Å². The van der Waals surface area contributed by atoms with Gasteiger partial charge in [-0.05, 0) is 37.6 Å². The third kappa shape index (κ3) is 2.67. The lowest BCUT2D eigenvalue weighted by atomic mass is 10.1. The Balaban J connectivity index is 2.35. The largest absolute Gasteiger partial charge is 0.311 e. The van der Waals surface area contributed by atoms with E-state index in [-0.39, 0.29) is 11.6 Å². The molecule has 1 amide bonds. The van der Waals surface area contributed by atoms with E-state index in [4.69, 9.17) is 5.26 Å². The molecule has 2 aromatic rings. The van der Waals surface area contributed by atoms with Gasteiger partial charge in [0.05, 0.1) is 0 Å². The molecule has 0 bridgehead atoms. The normalized spacial score (nSPS) is 9.90. The molecule has 0 saturated heterocycles. The summed E-state index contributed by atoms with van der Waals surface area (Å²) in [7, 11) is 1.73. The SMILES string of the molecule is Cc1ccc(N(C)C(=O)c2ccnc(C#N)c2)c(C)c1. The molecule has 1 heterocycles. The van der Waals surface area contributed by atoms with E-state index in [1.807, 2.05) is 38.1 Å². The average Bonchev–Trinajstić information content (AvgIpc) is 2.46. The first kappa shape index (κ1) is 13.8. The summed E-state index contributed by atoms with van der Waals surface area (Å²) in [6.45, 7) is 3.99. The molecule has 0 N–H and O–H groups in total. The predicted octanol–water partition coefficient (Wildman–Crippen LogP) is 2.85. The Labute approximate surface area is 118 Å². The summed E-state index contributed by atoms with van der Waals surface area (Å²) in [5.41, 5.74) is 3.75. The molecule has 1 aromatic carbocycles. The van der Waals surface area contributed by atoms with Crippen LogP contribution in [-0.2, 0) is 0 Å². The van der Waals surface area contributed by atoms with Gasteiger partial charge >= 0.3 is 0 Å². The second kappa shape index (κ2) is 5.54. The van der Waals surface area contributed by atoms with Crippen molar-refractivity contribution in [2.75, 3.05) is 11.9 Å². The number of anilines is 1. The number of hydrogen-bond acceptors (Lipinski definition) is 3. The van der Waals surface area contributed by atoms with Gasteiger partial charge in [-0.25, -0.2) is 4.98 Å². The third-order valence-electron chi connectivity index (χ3n) is 3.14. The van der Waals surface area contributed by atoms with Crippen LogP contribution in [0.3, 0.4) is 0 Å². The fourth-order valence-corrected chi connectivity index (χ4v) is 2.11. The number of hydrogen-bond donors (Lipinski definition) is 0. The highest BCUT2D eigenvalue weighted by Crippen LogP contribution is 2.21. The van der Waals surface area contributed by atoms with Crippen LogP contribution in [0.2, 0.25) is 0 Å². The summed E-state index contributed by atoms with van der Waals surface area (Å²) in [4.78, 5) is 17.9. The van der Waals surface area contributed by atoms with Crippen LogP contribution < -0.4 is 4.90 Å². The van der Waals surface area contributed by atoms with Crippen LogP contribution in [0.1, 0.15) is 27.2 Å². The maximum Gasteiger partial charge on any atom is 0.258 e. The Hall–Kier alpha value is -2.67. The molecule has 0 spiro atoms. The van der Waals surface area contributed by atoms with E-state index in [9.17, 15) is 4.79 Å². The minimum Gasteiger partial charge on any atom is -0.311 e. The Morgan fingerprint density at radius 1 is 1.25 bits per heavy atom. The number of aromatic nitrogens is 1. The lowest BCUT2D eigenvalue weighted by Gasteiger charge is -2.20. The number of carbonyl (C=O) groups excluding carboxylic acids is 1. The van der Waals surface area contributed by atoms with Crippen LogP contribution in [0.15, 0.2) is 36.5 Å². The smallest absolute Gasteiger partial charge is 0.258 e. The molecule has 0 atom stereocenters. The quantitative estimate of drug-likeness (QED) is 0.839. The standard InChI is InChI=1S/C16H15N3O/c1-11-4-5-15(12(2)8-11)19(3)16(20)13-6-7-18-14(9-13)10-17/h4-9H,1-3H3. The van der Waals surface area contributed by atoms with Gasteiger partial charge in [-0.1, -0.05) is 17.7 Å². The zero-order chi connectivity index (χ0) is 14.7. The monoisotopic (exact) mass is 265 g/mol. The van der Waals surface area contributed by atoms with Gasteiger partial charge in [0, 0.05) is 24.5 Å². The van der Waals surface area contributed by atoms with E-state index in [1.54, 1.807) is 18.0 Å². The minimum absolute atomic E-state index is 0.157. The first-order valence-electron chi connectivity index (χ1n) is 6.24. The summed E-state index contributed by atoms with van der Waals surface area (Å²) in [6, 6.07) is 11.0. The van der Waals surface area contributed by atoms with Crippen LogP contribution in [0.25, 0.3) is 0 Å².